The Kier molecular flexibility index (Phi) is 5.62. The number of rotatable bonds is 6. The number of pyridine rings is 1. The molecule has 27 heavy (non-hydrogen) atoms. The second-order valence-electron chi connectivity index (χ2n) is 6.75. The average molecular weight is 364 g/mol. The molecule has 0 fully saturated rings. The van der Waals surface area contributed by atoms with Crippen LogP contribution >= 0.6 is 0 Å². The van der Waals surface area contributed by atoms with Crippen LogP contribution in [0.4, 0.5) is 4.39 Å². The summed E-state index contributed by atoms with van der Waals surface area (Å²) in [7, 11) is 0. The molecule has 2 N–H and O–H groups in total. The molecule has 1 heterocycles. The van der Waals surface area contributed by atoms with Crippen molar-refractivity contribution >= 4 is 5.91 Å². The molecule has 0 spiro atoms. The van der Waals surface area contributed by atoms with Crippen molar-refractivity contribution in [2.24, 2.45) is 0 Å². The molecule has 1 amide bonds. The SMILES string of the molecule is CC(CO)(Cc1ccccc1F)NC(=O)c1ccc(-c2ccncc2)cc1. The third-order valence-electron chi connectivity index (χ3n) is 4.46. The first-order chi connectivity index (χ1) is 13.0. The topological polar surface area (TPSA) is 62.2 Å². The Bertz CT molecular complexity index is 913. The molecule has 3 rings (SSSR count). The average Bonchev–Trinajstić information content (AvgIpc) is 2.70. The van der Waals surface area contributed by atoms with Crippen LogP contribution in [0.3, 0.4) is 0 Å². The van der Waals surface area contributed by atoms with Crippen LogP contribution in [0.5, 0.6) is 0 Å². The van der Waals surface area contributed by atoms with Gasteiger partial charge in [-0.25, -0.2) is 4.39 Å². The Balaban J connectivity index is 1.74. The number of amides is 1. The minimum absolute atomic E-state index is 0.191. The lowest BCUT2D eigenvalue weighted by molar-refractivity contribution is 0.0851. The van der Waals surface area contributed by atoms with Gasteiger partial charge in [-0.05, 0) is 53.9 Å². The van der Waals surface area contributed by atoms with Crippen LogP contribution in [0, 0.1) is 5.82 Å². The Labute approximate surface area is 157 Å². The molecular weight excluding hydrogens is 343 g/mol. The highest BCUT2D eigenvalue weighted by Gasteiger charge is 2.27. The molecule has 0 aliphatic heterocycles. The molecule has 4 nitrogen and oxygen atoms in total. The summed E-state index contributed by atoms with van der Waals surface area (Å²) in [6.45, 7) is 1.39. The quantitative estimate of drug-likeness (QED) is 0.702. The summed E-state index contributed by atoms with van der Waals surface area (Å²) in [6, 6.07) is 17.3. The first kappa shape index (κ1) is 18.7. The van der Waals surface area contributed by atoms with Crippen LogP contribution < -0.4 is 5.32 Å². The Morgan fingerprint density at radius 3 is 2.30 bits per heavy atom. The second-order valence-corrected chi connectivity index (χ2v) is 6.75. The molecule has 0 bridgehead atoms. The summed E-state index contributed by atoms with van der Waals surface area (Å²) >= 11 is 0. The Morgan fingerprint density at radius 1 is 1.04 bits per heavy atom. The van der Waals surface area contributed by atoms with Gasteiger partial charge in [0.2, 0.25) is 0 Å². The lowest BCUT2D eigenvalue weighted by Crippen LogP contribution is -2.50. The fourth-order valence-electron chi connectivity index (χ4n) is 2.91. The fraction of sp³-hybridized carbons (Fsp3) is 0.182. The van der Waals surface area contributed by atoms with Crippen LogP contribution in [0.25, 0.3) is 11.1 Å². The number of nitrogens with one attached hydrogen (secondary N) is 1. The maximum absolute atomic E-state index is 13.9. The maximum Gasteiger partial charge on any atom is 0.251 e. The van der Waals surface area contributed by atoms with Gasteiger partial charge in [-0.1, -0.05) is 30.3 Å². The van der Waals surface area contributed by atoms with Crippen LogP contribution in [0.15, 0.2) is 73.1 Å². The zero-order chi connectivity index (χ0) is 19.3. The summed E-state index contributed by atoms with van der Waals surface area (Å²) in [4.78, 5) is 16.6. The van der Waals surface area contributed by atoms with Crippen molar-refractivity contribution in [2.45, 2.75) is 18.9 Å². The van der Waals surface area contributed by atoms with Gasteiger partial charge in [0, 0.05) is 24.4 Å². The summed E-state index contributed by atoms with van der Waals surface area (Å²) in [5.74, 6) is -0.669. The predicted molar refractivity (Wildman–Crippen MR) is 103 cm³/mol. The van der Waals surface area contributed by atoms with Gasteiger partial charge in [-0.15, -0.1) is 0 Å². The van der Waals surface area contributed by atoms with E-state index in [0.29, 0.717) is 11.1 Å². The van der Waals surface area contributed by atoms with E-state index in [-0.39, 0.29) is 24.8 Å². The fourth-order valence-corrected chi connectivity index (χ4v) is 2.91. The minimum Gasteiger partial charge on any atom is -0.394 e. The predicted octanol–water partition coefficient (Wildman–Crippen LogP) is 3.61. The van der Waals surface area contributed by atoms with Crippen molar-refractivity contribution in [2.75, 3.05) is 6.61 Å². The number of halogens is 1. The number of hydrogen-bond donors (Lipinski definition) is 2. The van der Waals surface area contributed by atoms with Crippen molar-refractivity contribution in [3.63, 3.8) is 0 Å². The maximum atomic E-state index is 13.9. The van der Waals surface area contributed by atoms with Crippen LogP contribution in [0.2, 0.25) is 0 Å². The van der Waals surface area contributed by atoms with Gasteiger partial charge >= 0.3 is 0 Å². The van der Waals surface area contributed by atoms with Crippen molar-refractivity contribution in [1.29, 1.82) is 0 Å². The van der Waals surface area contributed by atoms with Crippen molar-refractivity contribution < 1.29 is 14.3 Å². The zero-order valence-electron chi connectivity index (χ0n) is 15.0. The van der Waals surface area contributed by atoms with Gasteiger partial charge < -0.3 is 10.4 Å². The van der Waals surface area contributed by atoms with E-state index in [9.17, 15) is 14.3 Å². The first-order valence-corrected chi connectivity index (χ1v) is 8.68. The summed E-state index contributed by atoms with van der Waals surface area (Å²) in [5, 5.41) is 12.6. The first-order valence-electron chi connectivity index (χ1n) is 8.68. The van der Waals surface area contributed by atoms with E-state index < -0.39 is 5.54 Å². The Hall–Kier alpha value is -3.05. The lowest BCUT2D eigenvalue weighted by Gasteiger charge is -2.29. The van der Waals surface area contributed by atoms with E-state index in [1.807, 2.05) is 24.3 Å². The van der Waals surface area contributed by atoms with E-state index in [1.165, 1.54) is 6.07 Å². The molecule has 1 unspecified atom stereocenters. The number of carbonyl (C=O) groups excluding carboxylic acids is 1. The smallest absolute Gasteiger partial charge is 0.251 e. The van der Waals surface area contributed by atoms with Gasteiger partial charge in [-0.3, -0.25) is 9.78 Å². The van der Waals surface area contributed by atoms with E-state index in [0.717, 1.165) is 11.1 Å². The summed E-state index contributed by atoms with van der Waals surface area (Å²) in [6.07, 6.45) is 3.62. The van der Waals surface area contributed by atoms with Crippen LogP contribution in [0.1, 0.15) is 22.8 Å². The second kappa shape index (κ2) is 8.10. The zero-order valence-corrected chi connectivity index (χ0v) is 15.0. The van der Waals surface area contributed by atoms with Gasteiger partial charge in [0.15, 0.2) is 0 Å². The lowest BCUT2D eigenvalue weighted by atomic mass is 9.92. The molecule has 1 aromatic heterocycles. The van der Waals surface area contributed by atoms with Crippen molar-refractivity contribution in [3.05, 3.63) is 90.0 Å². The molecule has 138 valence electrons. The molecule has 0 saturated carbocycles. The van der Waals surface area contributed by atoms with E-state index >= 15 is 0 Å². The number of carbonyl (C=O) groups is 1. The van der Waals surface area contributed by atoms with Crippen molar-refractivity contribution in [3.8, 4) is 11.1 Å². The van der Waals surface area contributed by atoms with E-state index in [1.54, 1.807) is 49.6 Å². The standard InChI is InChI=1S/C22H21FN2O2/c1-22(15-26,14-19-4-2-3-5-20(19)23)25-21(27)18-8-6-16(7-9-18)17-10-12-24-13-11-17/h2-13,26H,14-15H2,1H3,(H,25,27). The summed E-state index contributed by atoms with van der Waals surface area (Å²) < 4.78 is 13.9. The number of aliphatic hydroxyl groups is 1. The molecule has 3 aromatic rings. The monoisotopic (exact) mass is 364 g/mol. The number of hydrogen-bond acceptors (Lipinski definition) is 3. The molecular formula is C22H21FN2O2. The van der Waals surface area contributed by atoms with E-state index in [2.05, 4.69) is 10.3 Å². The summed E-state index contributed by atoms with van der Waals surface area (Å²) in [5.41, 5.74) is 1.94. The van der Waals surface area contributed by atoms with Crippen LogP contribution in [-0.4, -0.2) is 28.1 Å². The third kappa shape index (κ3) is 4.57. The Morgan fingerprint density at radius 2 is 1.67 bits per heavy atom. The highest BCUT2D eigenvalue weighted by atomic mass is 19.1. The van der Waals surface area contributed by atoms with Crippen LogP contribution in [-0.2, 0) is 6.42 Å². The molecule has 0 aliphatic carbocycles. The normalized spacial score (nSPS) is 13.0. The molecule has 0 aliphatic rings. The van der Waals surface area contributed by atoms with E-state index in [4.69, 9.17) is 0 Å². The van der Waals surface area contributed by atoms with Gasteiger partial charge in [0.1, 0.15) is 5.82 Å². The molecule has 0 radical (unpaired) electrons. The van der Waals surface area contributed by atoms with Gasteiger partial charge in [0.05, 0.1) is 12.1 Å². The number of aliphatic hydroxyl groups excluding tert-OH is 1. The highest BCUT2D eigenvalue weighted by molar-refractivity contribution is 5.95. The number of benzene rings is 2. The van der Waals surface area contributed by atoms with Gasteiger partial charge in [0.25, 0.3) is 5.91 Å². The molecule has 2 aromatic carbocycles. The highest BCUT2D eigenvalue weighted by Crippen LogP contribution is 2.20. The molecule has 1 atom stereocenters. The molecule has 5 heteroatoms. The number of nitrogens with zero attached hydrogens (tertiary/aromatic N) is 1. The minimum atomic E-state index is -0.969. The van der Waals surface area contributed by atoms with Crippen molar-refractivity contribution in [1.82, 2.24) is 10.3 Å². The largest absolute Gasteiger partial charge is 0.394 e. The molecule has 0 saturated heterocycles. The van der Waals surface area contributed by atoms with Gasteiger partial charge in [-0.2, -0.15) is 0 Å². The third-order valence-corrected chi connectivity index (χ3v) is 4.46. The number of aromatic nitrogens is 1.